The third-order valence-corrected chi connectivity index (χ3v) is 13.6. The summed E-state index contributed by atoms with van der Waals surface area (Å²) in [5.41, 5.74) is 18.7. The monoisotopic (exact) mass is 832 g/mol. The van der Waals surface area contributed by atoms with E-state index < -0.39 is 17.0 Å². The zero-order chi connectivity index (χ0) is 45.0. The number of anilines is 6. The van der Waals surface area contributed by atoms with Crippen LogP contribution >= 0.6 is 0 Å². The lowest BCUT2D eigenvalue weighted by Gasteiger charge is -2.45. The number of hydrogen-bond donors (Lipinski definition) is 0. The summed E-state index contributed by atoms with van der Waals surface area (Å²) in [7, 11) is 0. The number of rotatable bonds is 5. The summed E-state index contributed by atoms with van der Waals surface area (Å²) in [6.45, 7) is 26.8. The van der Waals surface area contributed by atoms with Gasteiger partial charge >= 0.3 is 0 Å². The Morgan fingerprint density at radius 2 is 0.889 bits per heavy atom. The van der Waals surface area contributed by atoms with E-state index in [0.29, 0.717) is 0 Å². The lowest BCUT2D eigenvalue weighted by atomic mass is 9.33. The first-order valence-electron chi connectivity index (χ1n) is 22.4. The van der Waals surface area contributed by atoms with Gasteiger partial charge in [-0.1, -0.05) is 155 Å². The Morgan fingerprint density at radius 1 is 0.413 bits per heavy atom. The van der Waals surface area contributed by atoms with Gasteiger partial charge in [-0.25, -0.2) is 8.78 Å². The molecule has 2 aliphatic heterocycles. The van der Waals surface area contributed by atoms with Gasteiger partial charge in [0.1, 0.15) is 0 Å². The number of fused-ring (bicyclic) bond motifs is 4. The van der Waals surface area contributed by atoms with Crippen LogP contribution in [-0.4, -0.2) is 6.71 Å². The van der Waals surface area contributed by atoms with E-state index in [-0.39, 0.29) is 23.0 Å². The molecule has 0 bridgehead atoms. The van der Waals surface area contributed by atoms with Crippen LogP contribution in [0.3, 0.4) is 0 Å². The molecule has 0 atom stereocenters. The predicted octanol–water partition coefficient (Wildman–Crippen LogP) is 14.2. The van der Waals surface area contributed by atoms with E-state index in [4.69, 9.17) is 0 Å². The Kier molecular flexibility index (Phi) is 9.97. The molecule has 5 heteroatoms. The van der Waals surface area contributed by atoms with Gasteiger partial charge in [-0.2, -0.15) is 0 Å². The first kappa shape index (κ1) is 42.4. The summed E-state index contributed by atoms with van der Waals surface area (Å²) in [6, 6.07) is 49.8. The Balaban J connectivity index is 1.39. The SMILES string of the molecule is Cc1cc2c3c(c1)N(c1ccc(C(C)(C)C)cc1-c1ccccc1)c1ccc(C(C)(C)c4ccc(F)c(F)c4)cc1B3c1cc(C(C)(C)C)ccc1N2c1ccc(C(C)(C)C)cc1. The van der Waals surface area contributed by atoms with Crippen molar-refractivity contribution in [3.63, 3.8) is 0 Å². The minimum atomic E-state index is -0.840. The molecule has 9 rings (SSSR count). The van der Waals surface area contributed by atoms with Gasteiger partial charge in [0.05, 0.1) is 5.69 Å². The molecule has 63 heavy (non-hydrogen) atoms. The number of hydrogen-bond acceptors (Lipinski definition) is 2. The summed E-state index contributed by atoms with van der Waals surface area (Å²) in [5.74, 6) is -1.68. The molecule has 2 heterocycles. The molecule has 0 radical (unpaired) electrons. The van der Waals surface area contributed by atoms with Crippen LogP contribution in [0.1, 0.15) is 110 Å². The molecule has 0 fully saturated rings. The minimum Gasteiger partial charge on any atom is -0.311 e. The van der Waals surface area contributed by atoms with Crippen LogP contribution in [0.4, 0.5) is 42.9 Å². The fourth-order valence-electron chi connectivity index (χ4n) is 9.74. The third-order valence-electron chi connectivity index (χ3n) is 13.6. The van der Waals surface area contributed by atoms with Gasteiger partial charge in [0.2, 0.25) is 0 Å². The molecule has 7 aromatic carbocycles. The van der Waals surface area contributed by atoms with E-state index in [1.54, 1.807) is 6.07 Å². The van der Waals surface area contributed by atoms with Crippen LogP contribution < -0.4 is 26.2 Å². The van der Waals surface area contributed by atoms with E-state index in [0.717, 1.165) is 56.4 Å². The average molecular weight is 833 g/mol. The van der Waals surface area contributed by atoms with Crippen LogP contribution in [0.15, 0.2) is 140 Å². The highest BCUT2D eigenvalue weighted by Crippen LogP contribution is 2.49. The quantitative estimate of drug-likeness (QED) is 0.159. The highest BCUT2D eigenvalue weighted by atomic mass is 19.2. The summed E-state index contributed by atoms with van der Waals surface area (Å²) >= 11 is 0. The van der Waals surface area contributed by atoms with Crippen molar-refractivity contribution in [3.8, 4) is 11.1 Å². The molecule has 0 amide bonds. The fourth-order valence-corrected chi connectivity index (χ4v) is 9.74. The van der Waals surface area contributed by atoms with Gasteiger partial charge in [0.25, 0.3) is 6.71 Å². The minimum absolute atomic E-state index is 0.0158. The highest BCUT2D eigenvalue weighted by molar-refractivity contribution is 7.00. The van der Waals surface area contributed by atoms with E-state index in [1.807, 2.05) is 0 Å². The second-order valence-corrected chi connectivity index (χ2v) is 21.5. The van der Waals surface area contributed by atoms with Crippen molar-refractivity contribution >= 4 is 57.2 Å². The highest BCUT2D eigenvalue weighted by Gasteiger charge is 2.45. The van der Waals surface area contributed by atoms with Crippen molar-refractivity contribution < 1.29 is 8.78 Å². The van der Waals surface area contributed by atoms with Gasteiger partial charge in [-0.3, -0.25) is 0 Å². The van der Waals surface area contributed by atoms with Gasteiger partial charge in [0, 0.05) is 39.4 Å². The van der Waals surface area contributed by atoms with Crippen LogP contribution in [0.2, 0.25) is 0 Å². The van der Waals surface area contributed by atoms with Crippen LogP contribution in [0.5, 0.6) is 0 Å². The van der Waals surface area contributed by atoms with E-state index in [1.165, 1.54) is 50.8 Å². The Bertz CT molecular complexity index is 2910. The molecule has 7 aromatic rings. The molecule has 2 nitrogen and oxygen atoms in total. The fraction of sp³-hybridized carbons (Fsp3) is 0.276. The summed E-state index contributed by atoms with van der Waals surface area (Å²) in [4.78, 5) is 4.98. The van der Waals surface area contributed by atoms with Gasteiger partial charge in [-0.15, -0.1) is 0 Å². The molecule has 2 aliphatic rings. The normalized spacial score (nSPS) is 13.8. The summed E-state index contributed by atoms with van der Waals surface area (Å²) in [5, 5.41) is 0. The Morgan fingerprint density at radius 3 is 1.48 bits per heavy atom. The maximum absolute atomic E-state index is 15.0. The van der Waals surface area contributed by atoms with Crippen molar-refractivity contribution in [3.05, 3.63) is 185 Å². The van der Waals surface area contributed by atoms with Gasteiger partial charge in [-0.05, 0) is 139 Å². The molecule has 0 N–H and O–H groups in total. The number of aryl methyl sites for hydroxylation is 1. The second kappa shape index (κ2) is 14.8. The smallest absolute Gasteiger partial charge is 0.252 e. The molecule has 0 saturated heterocycles. The third kappa shape index (κ3) is 7.28. The maximum atomic E-state index is 15.0. The van der Waals surface area contributed by atoms with Crippen molar-refractivity contribution in [1.82, 2.24) is 0 Å². The number of nitrogens with zero attached hydrogens (tertiary/aromatic N) is 2. The summed E-state index contributed by atoms with van der Waals surface area (Å²) < 4.78 is 29.3. The molecule has 0 saturated carbocycles. The van der Waals surface area contributed by atoms with Crippen LogP contribution in [0.25, 0.3) is 11.1 Å². The van der Waals surface area contributed by atoms with Crippen molar-refractivity contribution in [2.75, 3.05) is 9.80 Å². The summed E-state index contributed by atoms with van der Waals surface area (Å²) in [6.07, 6.45) is 0. The molecule has 318 valence electrons. The van der Waals surface area contributed by atoms with E-state index >= 15 is 0 Å². The second-order valence-electron chi connectivity index (χ2n) is 21.5. The van der Waals surface area contributed by atoms with Gasteiger partial charge < -0.3 is 9.80 Å². The van der Waals surface area contributed by atoms with Crippen molar-refractivity contribution in [2.24, 2.45) is 0 Å². The molecular weight excluding hydrogens is 773 g/mol. The van der Waals surface area contributed by atoms with E-state index in [9.17, 15) is 8.78 Å². The van der Waals surface area contributed by atoms with Crippen molar-refractivity contribution in [1.29, 1.82) is 0 Å². The largest absolute Gasteiger partial charge is 0.311 e. The lowest BCUT2D eigenvalue weighted by molar-refractivity contribution is 0.502. The molecule has 0 unspecified atom stereocenters. The first-order chi connectivity index (χ1) is 29.6. The maximum Gasteiger partial charge on any atom is 0.252 e. The Labute approximate surface area is 374 Å². The molecule has 0 aromatic heterocycles. The standard InChI is InChI=1S/C58H59BF2N2/c1-36-30-52-54-53(31-36)63(49-27-21-39(56(5,6)7)32-44(49)37-16-14-13-15-17-37)51-29-23-41(58(11,12)42-20-26-47(60)48(61)35-42)34-46(51)59(54)45-33-40(57(8,9)10)22-28-50(45)62(52)43-24-18-38(19-25-43)55(2,3)4/h13-35H,1-12H3. The Hall–Kier alpha value is -5.94. The zero-order valence-corrected chi connectivity index (χ0v) is 39.0. The van der Waals surface area contributed by atoms with E-state index in [2.05, 4.69) is 214 Å². The van der Waals surface area contributed by atoms with Crippen LogP contribution in [-0.2, 0) is 21.7 Å². The molecular formula is C58H59BF2N2. The van der Waals surface area contributed by atoms with Gasteiger partial charge in [0.15, 0.2) is 11.6 Å². The van der Waals surface area contributed by atoms with Crippen LogP contribution in [0, 0.1) is 18.6 Å². The lowest BCUT2D eigenvalue weighted by Crippen LogP contribution is -2.61. The first-order valence-corrected chi connectivity index (χ1v) is 22.4. The molecule has 0 spiro atoms. The van der Waals surface area contributed by atoms with Crippen molar-refractivity contribution in [2.45, 2.75) is 105 Å². The predicted molar refractivity (Wildman–Crippen MR) is 265 cm³/mol. The number of benzene rings is 7. The zero-order valence-electron chi connectivity index (χ0n) is 39.0. The number of halogens is 2. The average Bonchev–Trinajstić information content (AvgIpc) is 3.23. The molecule has 0 aliphatic carbocycles. The topological polar surface area (TPSA) is 6.48 Å².